The van der Waals surface area contributed by atoms with Crippen molar-refractivity contribution in [1.82, 2.24) is 15.2 Å². The number of fused-ring (bicyclic) bond motifs is 4. The zero-order chi connectivity index (χ0) is 16.9. The van der Waals surface area contributed by atoms with Gasteiger partial charge >= 0.3 is 0 Å². The third-order valence-corrected chi connectivity index (χ3v) is 6.26. The Bertz CT molecular complexity index is 798. The maximum absolute atomic E-state index is 12.6. The third-order valence-electron chi connectivity index (χ3n) is 6.26. The molecule has 132 valence electrons. The van der Waals surface area contributed by atoms with Crippen LogP contribution < -0.4 is 5.32 Å². The van der Waals surface area contributed by atoms with E-state index in [1.165, 1.54) is 22.2 Å². The van der Waals surface area contributed by atoms with Gasteiger partial charge in [0.05, 0.1) is 5.54 Å². The highest BCUT2D eigenvalue weighted by Crippen LogP contribution is 2.40. The fourth-order valence-corrected chi connectivity index (χ4v) is 4.90. The highest BCUT2D eigenvalue weighted by molar-refractivity contribution is 5.85. The summed E-state index contributed by atoms with van der Waals surface area (Å²) < 4.78 is 5.59. The van der Waals surface area contributed by atoms with Gasteiger partial charge < -0.3 is 19.9 Å². The number of likely N-dealkylation sites (tertiary alicyclic amines) is 1. The van der Waals surface area contributed by atoms with Crippen molar-refractivity contribution in [2.45, 2.75) is 43.7 Å². The van der Waals surface area contributed by atoms with Gasteiger partial charge in [0, 0.05) is 42.8 Å². The lowest BCUT2D eigenvalue weighted by Gasteiger charge is -2.45. The molecule has 1 atom stereocenters. The molecule has 1 unspecified atom stereocenters. The maximum atomic E-state index is 12.6. The van der Waals surface area contributed by atoms with Gasteiger partial charge in [0.25, 0.3) is 5.91 Å². The monoisotopic (exact) mass is 339 g/mol. The molecule has 5 heteroatoms. The number of piperidine rings is 1. The number of aromatic amines is 1. The quantitative estimate of drug-likeness (QED) is 0.838. The number of nitrogens with zero attached hydrogens (tertiary/aromatic N) is 1. The van der Waals surface area contributed by atoms with E-state index in [0.717, 1.165) is 58.3 Å². The van der Waals surface area contributed by atoms with Crippen LogP contribution in [0.3, 0.4) is 0 Å². The molecule has 0 bridgehead atoms. The molecule has 1 amide bonds. The van der Waals surface area contributed by atoms with Gasteiger partial charge in [0.15, 0.2) is 0 Å². The first-order chi connectivity index (χ1) is 12.3. The summed E-state index contributed by atoms with van der Waals surface area (Å²) in [7, 11) is 0. The molecule has 2 aromatic rings. The maximum Gasteiger partial charge on any atom is 0.251 e. The number of para-hydroxylation sites is 1. The lowest BCUT2D eigenvalue weighted by atomic mass is 9.79. The first-order valence-corrected chi connectivity index (χ1v) is 9.52. The second-order valence-electron chi connectivity index (χ2n) is 7.61. The minimum absolute atomic E-state index is 0.0140. The molecular weight excluding hydrogens is 314 g/mol. The Kier molecular flexibility index (Phi) is 3.61. The van der Waals surface area contributed by atoms with E-state index in [4.69, 9.17) is 4.74 Å². The predicted octanol–water partition coefficient (Wildman–Crippen LogP) is 2.31. The second kappa shape index (κ2) is 5.85. The Morgan fingerprint density at radius 3 is 2.88 bits per heavy atom. The fourth-order valence-electron chi connectivity index (χ4n) is 4.90. The number of nitrogens with one attached hydrogen (secondary N) is 2. The number of carbonyl (C=O) groups excluding carboxylic acids is 1. The van der Waals surface area contributed by atoms with Crippen LogP contribution in [-0.2, 0) is 21.5 Å². The van der Waals surface area contributed by atoms with Gasteiger partial charge in [-0.3, -0.25) is 4.79 Å². The second-order valence-corrected chi connectivity index (χ2v) is 7.61. The minimum Gasteiger partial charge on any atom is -0.368 e. The summed E-state index contributed by atoms with van der Waals surface area (Å²) in [4.78, 5) is 18.3. The van der Waals surface area contributed by atoms with Crippen LogP contribution in [0.1, 0.15) is 36.9 Å². The van der Waals surface area contributed by atoms with Crippen molar-refractivity contribution < 1.29 is 9.53 Å². The molecule has 1 aromatic carbocycles. The summed E-state index contributed by atoms with van der Waals surface area (Å²) in [6, 6.07) is 8.60. The predicted molar refractivity (Wildman–Crippen MR) is 96.5 cm³/mol. The van der Waals surface area contributed by atoms with E-state index in [2.05, 4.69) is 34.6 Å². The van der Waals surface area contributed by atoms with E-state index in [1.54, 1.807) is 0 Å². The average molecular weight is 339 g/mol. The number of aromatic nitrogens is 1. The number of hydrogen-bond donors (Lipinski definition) is 2. The van der Waals surface area contributed by atoms with Crippen LogP contribution >= 0.6 is 0 Å². The van der Waals surface area contributed by atoms with Gasteiger partial charge in [-0.05, 0) is 43.7 Å². The van der Waals surface area contributed by atoms with Gasteiger partial charge in [-0.2, -0.15) is 0 Å². The number of rotatable bonds is 1. The summed E-state index contributed by atoms with van der Waals surface area (Å²) in [6.45, 7) is 3.35. The van der Waals surface area contributed by atoms with E-state index < -0.39 is 0 Å². The Morgan fingerprint density at radius 1 is 1.24 bits per heavy atom. The van der Waals surface area contributed by atoms with Crippen LogP contribution in [-0.4, -0.2) is 48.1 Å². The summed E-state index contributed by atoms with van der Waals surface area (Å²) in [6.07, 6.45) is 4.69. The van der Waals surface area contributed by atoms with E-state index in [9.17, 15) is 4.79 Å². The van der Waals surface area contributed by atoms with Gasteiger partial charge in [-0.15, -0.1) is 0 Å². The molecule has 5 nitrogen and oxygen atoms in total. The molecule has 0 radical (unpaired) electrons. The van der Waals surface area contributed by atoms with Crippen molar-refractivity contribution in [2.24, 2.45) is 0 Å². The van der Waals surface area contributed by atoms with Crippen LogP contribution in [0.5, 0.6) is 0 Å². The van der Waals surface area contributed by atoms with Crippen LogP contribution in [0.25, 0.3) is 10.9 Å². The van der Waals surface area contributed by atoms with Crippen LogP contribution in [0.15, 0.2) is 24.3 Å². The molecule has 4 heterocycles. The number of ether oxygens (including phenoxy) is 1. The summed E-state index contributed by atoms with van der Waals surface area (Å²) in [5.74, 6) is 0.194. The molecule has 2 saturated heterocycles. The molecule has 25 heavy (non-hydrogen) atoms. The summed E-state index contributed by atoms with van der Waals surface area (Å²) in [5, 5.41) is 5.14. The molecule has 2 fully saturated rings. The summed E-state index contributed by atoms with van der Waals surface area (Å²) >= 11 is 0. The van der Waals surface area contributed by atoms with Crippen molar-refractivity contribution in [1.29, 1.82) is 0 Å². The first-order valence-electron chi connectivity index (χ1n) is 9.52. The normalized spacial score (nSPS) is 25.4. The Hall–Kier alpha value is -1.85. The topological polar surface area (TPSA) is 57.4 Å². The highest BCUT2D eigenvalue weighted by Gasteiger charge is 2.43. The zero-order valence-electron chi connectivity index (χ0n) is 14.5. The Labute approximate surface area is 147 Å². The van der Waals surface area contributed by atoms with Crippen LogP contribution in [0.2, 0.25) is 0 Å². The molecule has 0 saturated carbocycles. The van der Waals surface area contributed by atoms with E-state index in [-0.39, 0.29) is 17.6 Å². The largest absolute Gasteiger partial charge is 0.368 e. The third kappa shape index (κ3) is 2.41. The fraction of sp³-hybridized carbons (Fsp3) is 0.550. The molecule has 0 aliphatic carbocycles. The van der Waals surface area contributed by atoms with Crippen LogP contribution in [0, 0.1) is 0 Å². The first kappa shape index (κ1) is 15.4. The van der Waals surface area contributed by atoms with Gasteiger partial charge in [-0.25, -0.2) is 0 Å². The lowest BCUT2D eigenvalue weighted by molar-refractivity contribution is -0.142. The van der Waals surface area contributed by atoms with Crippen molar-refractivity contribution in [3.05, 3.63) is 35.5 Å². The molecule has 2 N–H and O–H groups in total. The minimum atomic E-state index is -0.197. The van der Waals surface area contributed by atoms with Gasteiger partial charge in [0.2, 0.25) is 0 Å². The Balaban J connectivity index is 1.40. The van der Waals surface area contributed by atoms with E-state index >= 15 is 0 Å². The number of amides is 1. The van der Waals surface area contributed by atoms with E-state index in [1.807, 2.05) is 4.90 Å². The molecule has 1 aromatic heterocycles. The molecule has 1 spiro atoms. The Morgan fingerprint density at radius 2 is 2.08 bits per heavy atom. The zero-order valence-corrected chi connectivity index (χ0v) is 14.5. The number of hydrogen-bond acceptors (Lipinski definition) is 3. The molecular formula is C20H25N3O2. The smallest absolute Gasteiger partial charge is 0.251 e. The standard InChI is InChI=1S/C20H25N3O2/c24-19(17-6-3-13-25-17)23-11-8-20(9-12-23)18-15(7-10-21-20)14-4-1-2-5-16(14)22-18/h1-2,4-5,17,21-22H,3,6-13H2. The van der Waals surface area contributed by atoms with Crippen molar-refractivity contribution in [3.63, 3.8) is 0 Å². The number of carbonyl (C=O) groups is 1. The molecule has 3 aliphatic rings. The number of H-pyrrole nitrogens is 1. The van der Waals surface area contributed by atoms with Crippen molar-refractivity contribution >= 4 is 16.8 Å². The average Bonchev–Trinajstić information content (AvgIpc) is 3.31. The van der Waals surface area contributed by atoms with Gasteiger partial charge in [-0.1, -0.05) is 18.2 Å². The van der Waals surface area contributed by atoms with Crippen LogP contribution in [0.4, 0.5) is 0 Å². The highest BCUT2D eigenvalue weighted by atomic mass is 16.5. The van der Waals surface area contributed by atoms with Crippen molar-refractivity contribution in [2.75, 3.05) is 26.2 Å². The summed E-state index contributed by atoms with van der Waals surface area (Å²) in [5.41, 5.74) is 4.03. The van der Waals surface area contributed by atoms with E-state index in [0.29, 0.717) is 0 Å². The van der Waals surface area contributed by atoms with Crippen molar-refractivity contribution in [3.8, 4) is 0 Å². The van der Waals surface area contributed by atoms with Gasteiger partial charge in [0.1, 0.15) is 6.10 Å². The molecule has 3 aliphatic heterocycles. The number of benzene rings is 1. The molecule has 5 rings (SSSR count). The SMILES string of the molecule is O=C(C1CCCO1)N1CCC2(CC1)NCCc1c2[nH]c2ccccc12. The lowest BCUT2D eigenvalue weighted by Crippen LogP contribution is -2.56.